The number of benzene rings is 1. The maximum absolute atomic E-state index is 13.4. The van der Waals surface area contributed by atoms with Crippen molar-refractivity contribution in [2.75, 3.05) is 27.6 Å². The third kappa shape index (κ3) is 10.4. The fourth-order valence-corrected chi connectivity index (χ4v) is 4.40. The molecule has 2 heterocycles. The summed E-state index contributed by atoms with van der Waals surface area (Å²) in [5.74, 6) is -6.37. The van der Waals surface area contributed by atoms with E-state index < -0.39 is 79.2 Å². The van der Waals surface area contributed by atoms with Crippen molar-refractivity contribution < 1.29 is 61.9 Å². The minimum atomic E-state index is -1.50. The summed E-state index contributed by atoms with van der Waals surface area (Å²) >= 11 is 0. The van der Waals surface area contributed by atoms with Gasteiger partial charge in [0.15, 0.2) is 29.3 Å². The van der Waals surface area contributed by atoms with E-state index in [1.807, 2.05) is 6.07 Å². The monoisotopic (exact) mass is 658 g/mol. The van der Waals surface area contributed by atoms with Gasteiger partial charge in [0.1, 0.15) is 18.6 Å². The largest absolute Gasteiger partial charge is 0.493 e. The van der Waals surface area contributed by atoms with Crippen LogP contribution in [-0.2, 0) is 54.1 Å². The molecule has 1 aliphatic heterocycles. The van der Waals surface area contributed by atoms with E-state index >= 15 is 0 Å². The molecule has 1 aromatic heterocycles. The lowest BCUT2D eigenvalue weighted by atomic mass is 9.91. The maximum atomic E-state index is 13.4. The van der Waals surface area contributed by atoms with Gasteiger partial charge in [-0.25, -0.2) is 9.78 Å². The van der Waals surface area contributed by atoms with Gasteiger partial charge in [0.2, 0.25) is 6.79 Å². The standard InChI is InChI=1S/C32H38N2O13/c1-18(2)30(38)47-27-19(3)46-32(40)22(16-43-31(39)21(27)15-20-9-7-6-8-10-20)34-29(37)26-28(23(41-4)13-14-33-26)45-17-44-25(36)12-11-24(35)42-5/h6-10,13-14,18-19,21-22,27H,11-12,15-17H2,1-5H3,(H,34,37)/t19-,21+,22-,27-/m0/s1. The molecule has 15 heteroatoms. The molecule has 1 saturated heterocycles. The molecule has 1 aromatic carbocycles. The average molecular weight is 659 g/mol. The maximum Gasteiger partial charge on any atom is 0.332 e. The van der Waals surface area contributed by atoms with Crippen molar-refractivity contribution in [3.63, 3.8) is 0 Å². The number of cyclic esters (lactones) is 2. The fourth-order valence-electron chi connectivity index (χ4n) is 4.40. The Kier molecular flexibility index (Phi) is 13.5. The Bertz CT molecular complexity index is 1430. The smallest absolute Gasteiger partial charge is 0.332 e. The van der Waals surface area contributed by atoms with Crippen LogP contribution in [-0.4, -0.2) is 86.6 Å². The summed E-state index contributed by atoms with van der Waals surface area (Å²) in [5.41, 5.74) is 0.404. The van der Waals surface area contributed by atoms with Crippen LogP contribution in [0.1, 0.15) is 49.7 Å². The first-order valence-electron chi connectivity index (χ1n) is 14.8. The number of aromatic nitrogens is 1. The SMILES string of the molecule is COC(=O)CCC(=O)OCOc1c(OC)ccnc1C(=O)N[C@H]1COC(=O)[C@H](Cc2ccccc2)[C@@H](OC(=O)C(C)C)[C@H](C)OC1=O. The predicted molar refractivity (Wildman–Crippen MR) is 160 cm³/mol. The molecule has 4 atom stereocenters. The molecule has 0 aliphatic carbocycles. The molecule has 1 aliphatic rings. The lowest BCUT2D eigenvalue weighted by Gasteiger charge is -2.29. The summed E-state index contributed by atoms with van der Waals surface area (Å²) in [6.07, 6.45) is -1.39. The van der Waals surface area contributed by atoms with Crippen molar-refractivity contribution in [2.45, 2.75) is 58.3 Å². The molecule has 254 valence electrons. The number of esters is 5. The number of carbonyl (C=O) groups excluding carboxylic acids is 6. The average Bonchev–Trinajstić information content (AvgIpc) is 3.09. The molecule has 47 heavy (non-hydrogen) atoms. The van der Waals surface area contributed by atoms with Crippen LogP contribution in [0.25, 0.3) is 0 Å². The molecule has 0 bridgehead atoms. The number of methoxy groups -OCH3 is 2. The van der Waals surface area contributed by atoms with Gasteiger partial charge in [-0.05, 0) is 18.9 Å². The highest BCUT2D eigenvalue weighted by molar-refractivity contribution is 5.98. The Balaban J connectivity index is 1.80. The molecule has 2 aromatic rings. The van der Waals surface area contributed by atoms with Gasteiger partial charge in [-0.15, -0.1) is 0 Å². The number of rotatable bonds is 13. The first kappa shape index (κ1) is 36.3. The van der Waals surface area contributed by atoms with Crippen LogP contribution in [0.3, 0.4) is 0 Å². The fraction of sp³-hybridized carbons (Fsp3) is 0.469. The first-order valence-corrected chi connectivity index (χ1v) is 14.8. The number of nitrogens with zero attached hydrogens (tertiary/aromatic N) is 1. The van der Waals surface area contributed by atoms with Crippen molar-refractivity contribution in [1.29, 1.82) is 0 Å². The van der Waals surface area contributed by atoms with Gasteiger partial charge in [-0.3, -0.25) is 24.0 Å². The third-order valence-electron chi connectivity index (χ3n) is 6.96. The number of amides is 1. The Morgan fingerprint density at radius 1 is 1.00 bits per heavy atom. The van der Waals surface area contributed by atoms with E-state index in [0.717, 1.165) is 5.56 Å². The van der Waals surface area contributed by atoms with Crippen LogP contribution in [0.5, 0.6) is 11.5 Å². The second-order valence-corrected chi connectivity index (χ2v) is 10.7. The lowest BCUT2D eigenvalue weighted by Crippen LogP contribution is -2.47. The van der Waals surface area contributed by atoms with Crippen LogP contribution in [0, 0.1) is 11.8 Å². The summed E-state index contributed by atoms with van der Waals surface area (Å²) in [7, 11) is 2.49. The Morgan fingerprint density at radius 3 is 2.36 bits per heavy atom. The molecule has 0 radical (unpaired) electrons. The number of hydrogen-bond acceptors (Lipinski definition) is 14. The molecule has 0 saturated carbocycles. The number of nitrogens with one attached hydrogen (secondary N) is 1. The van der Waals surface area contributed by atoms with E-state index in [1.54, 1.807) is 38.1 Å². The highest BCUT2D eigenvalue weighted by Gasteiger charge is 2.42. The van der Waals surface area contributed by atoms with Gasteiger partial charge in [0, 0.05) is 12.3 Å². The molecule has 1 N–H and O–H groups in total. The van der Waals surface area contributed by atoms with Gasteiger partial charge >= 0.3 is 29.8 Å². The molecular formula is C32H38N2O13. The van der Waals surface area contributed by atoms with E-state index in [1.165, 1.54) is 33.4 Å². The van der Waals surface area contributed by atoms with Gasteiger partial charge < -0.3 is 38.5 Å². The summed E-state index contributed by atoms with van der Waals surface area (Å²) in [6.45, 7) is 3.47. The van der Waals surface area contributed by atoms with Gasteiger partial charge in [0.25, 0.3) is 5.91 Å². The number of carbonyl (C=O) groups is 6. The zero-order chi connectivity index (χ0) is 34.5. The molecule has 0 unspecified atom stereocenters. The Labute approximate surface area is 271 Å². The number of ether oxygens (including phenoxy) is 7. The summed E-state index contributed by atoms with van der Waals surface area (Å²) in [4.78, 5) is 80.0. The molecular weight excluding hydrogens is 620 g/mol. The van der Waals surface area contributed by atoms with Crippen LogP contribution in [0.4, 0.5) is 0 Å². The Morgan fingerprint density at radius 2 is 1.70 bits per heavy atom. The van der Waals surface area contributed by atoms with Crippen molar-refractivity contribution in [3.05, 3.63) is 53.9 Å². The lowest BCUT2D eigenvalue weighted by molar-refractivity contribution is -0.176. The van der Waals surface area contributed by atoms with Crippen molar-refractivity contribution in [3.8, 4) is 11.5 Å². The van der Waals surface area contributed by atoms with Crippen molar-refractivity contribution in [2.24, 2.45) is 11.8 Å². The number of pyridine rings is 1. The van der Waals surface area contributed by atoms with Crippen LogP contribution in [0.15, 0.2) is 42.6 Å². The van der Waals surface area contributed by atoms with Crippen molar-refractivity contribution in [1.82, 2.24) is 10.3 Å². The molecule has 1 amide bonds. The summed E-state index contributed by atoms with van der Waals surface area (Å²) in [6, 6.07) is 8.87. The van der Waals surface area contributed by atoms with Gasteiger partial charge in [-0.2, -0.15) is 0 Å². The Hall–Kier alpha value is -5.21. The highest BCUT2D eigenvalue weighted by Crippen LogP contribution is 2.30. The normalized spacial score (nSPS) is 19.5. The quantitative estimate of drug-likeness (QED) is 0.186. The molecule has 0 spiro atoms. The summed E-state index contributed by atoms with van der Waals surface area (Å²) in [5, 5.41) is 2.43. The topological polar surface area (TPSA) is 192 Å². The highest BCUT2D eigenvalue weighted by atomic mass is 16.7. The summed E-state index contributed by atoms with van der Waals surface area (Å²) < 4.78 is 37.0. The zero-order valence-electron chi connectivity index (χ0n) is 26.7. The van der Waals surface area contributed by atoms with E-state index in [-0.39, 0.29) is 36.5 Å². The van der Waals surface area contributed by atoms with Crippen LogP contribution < -0.4 is 14.8 Å². The zero-order valence-corrected chi connectivity index (χ0v) is 26.7. The van der Waals surface area contributed by atoms with Gasteiger partial charge in [-0.1, -0.05) is 44.2 Å². The minimum absolute atomic E-state index is 0.0476. The van der Waals surface area contributed by atoms with Crippen LogP contribution >= 0.6 is 0 Å². The molecule has 3 rings (SSSR count). The second-order valence-electron chi connectivity index (χ2n) is 10.7. The third-order valence-corrected chi connectivity index (χ3v) is 6.96. The minimum Gasteiger partial charge on any atom is -0.493 e. The van der Waals surface area contributed by atoms with Crippen molar-refractivity contribution >= 4 is 35.8 Å². The van der Waals surface area contributed by atoms with E-state index in [4.69, 9.17) is 28.4 Å². The van der Waals surface area contributed by atoms with E-state index in [0.29, 0.717) is 0 Å². The molecule has 15 nitrogen and oxygen atoms in total. The van der Waals surface area contributed by atoms with Crippen LogP contribution in [0.2, 0.25) is 0 Å². The van der Waals surface area contributed by atoms with E-state index in [9.17, 15) is 28.8 Å². The number of hydrogen-bond donors (Lipinski definition) is 1. The van der Waals surface area contributed by atoms with E-state index in [2.05, 4.69) is 15.0 Å². The van der Waals surface area contributed by atoms with Gasteiger partial charge in [0.05, 0.1) is 33.0 Å². The predicted octanol–water partition coefficient (Wildman–Crippen LogP) is 1.94. The molecule has 1 fully saturated rings. The first-order chi connectivity index (χ1) is 22.4. The second kappa shape index (κ2) is 17.5.